The van der Waals surface area contributed by atoms with Crippen molar-refractivity contribution in [1.29, 1.82) is 0 Å². The summed E-state index contributed by atoms with van der Waals surface area (Å²) in [5.74, 6) is 0.585. The summed E-state index contributed by atoms with van der Waals surface area (Å²) in [7, 11) is -0.284. The summed E-state index contributed by atoms with van der Waals surface area (Å²) in [5, 5.41) is 0. The van der Waals surface area contributed by atoms with Gasteiger partial charge in [0, 0.05) is 0 Å². The first-order valence-corrected chi connectivity index (χ1v) is 7.97. The quantitative estimate of drug-likeness (QED) is 0.484. The lowest BCUT2D eigenvalue weighted by molar-refractivity contribution is 0.00578. The van der Waals surface area contributed by atoms with Crippen LogP contribution in [0.4, 0.5) is 0 Å². The number of allylic oxidation sites excluding steroid dienone is 3. The van der Waals surface area contributed by atoms with Crippen LogP contribution in [0.5, 0.6) is 0 Å². The van der Waals surface area contributed by atoms with Gasteiger partial charge in [-0.3, -0.25) is 0 Å². The molecule has 1 unspecified atom stereocenters. The Balaban J connectivity index is 2.84. The SMILES string of the molecule is C=C/C(=C\C(CC)CCCC)B1OC(C)(C)C(C)(C)O1. The van der Waals surface area contributed by atoms with Crippen molar-refractivity contribution >= 4 is 7.12 Å². The van der Waals surface area contributed by atoms with Crippen LogP contribution in [-0.4, -0.2) is 18.3 Å². The molecule has 0 aromatic rings. The van der Waals surface area contributed by atoms with Gasteiger partial charge in [-0.25, -0.2) is 0 Å². The fourth-order valence-corrected chi connectivity index (χ4v) is 2.37. The molecule has 0 N–H and O–H groups in total. The van der Waals surface area contributed by atoms with Crippen molar-refractivity contribution in [3.05, 3.63) is 24.2 Å². The third-order valence-electron chi connectivity index (χ3n) is 4.64. The van der Waals surface area contributed by atoms with E-state index in [1.54, 1.807) is 0 Å². The van der Waals surface area contributed by atoms with Gasteiger partial charge >= 0.3 is 7.12 Å². The van der Waals surface area contributed by atoms with E-state index in [9.17, 15) is 0 Å². The molecule has 1 saturated heterocycles. The van der Waals surface area contributed by atoms with Gasteiger partial charge in [0.2, 0.25) is 0 Å². The van der Waals surface area contributed by atoms with Gasteiger partial charge in [-0.1, -0.05) is 45.4 Å². The van der Waals surface area contributed by atoms with Crippen molar-refractivity contribution in [2.45, 2.75) is 78.4 Å². The predicted molar refractivity (Wildman–Crippen MR) is 87.7 cm³/mol. The Hall–Kier alpha value is -0.535. The molecule has 20 heavy (non-hydrogen) atoms. The maximum absolute atomic E-state index is 6.11. The first-order chi connectivity index (χ1) is 9.27. The number of hydrogen-bond donors (Lipinski definition) is 0. The fourth-order valence-electron chi connectivity index (χ4n) is 2.37. The average Bonchev–Trinajstić information content (AvgIpc) is 2.59. The molecular formula is C17H31BO2. The van der Waals surface area contributed by atoms with Gasteiger partial charge in [0.1, 0.15) is 0 Å². The maximum Gasteiger partial charge on any atom is 0.494 e. The molecule has 114 valence electrons. The first kappa shape index (κ1) is 17.5. The van der Waals surface area contributed by atoms with Gasteiger partial charge in [-0.2, -0.15) is 0 Å². The van der Waals surface area contributed by atoms with Crippen LogP contribution in [0.3, 0.4) is 0 Å². The molecule has 1 atom stereocenters. The second-order valence-corrected chi connectivity index (χ2v) is 6.77. The minimum absolute atomic E-state index is 0.284. The fraction of sp³-hybridized carbons (Fsp3) is 0.765. The first-order valence-electron chi connectivity index (χ1n) is 7.97. The minimum Gasteiger partial charge on any atom is -0.399 e. The van der Waals surface area contributed by atoms with Crippen LogP contribution in [-0.2, 0) is 9.31 Å². The molecule has 0 aliphatic carbocycles. The van der Waals surface area contributed by atoms with E-state index in [-0.39, 0.29) is 18.3 Å². The van der Waals surface area contributed by atoms with Gasteiger partial charge in [0.15, 0.2) is 0 Å². The summed E-state index contributed by atoms with van der Waals surface area (Å²) < 4.78 is 12.2. The van der Waals surface area contributed by atoms with Crippen molar-refractivity contribution in [2.75, 3.05) is 0 Å². The molecule has 1 fully saturated rings. The van der Waals surface area contributed by atoms with E-state index in [1.807, 2.05) is 6.08 Å². The number of rotatable bonds is 7. The van der Waals surface area contributed by atoms with Gasteiger partial charge in [0.25, 0.3) is 0 Å². The molecule has 1 rings (SSSR count). The Labute approximate surface area is 125 Å². The van der Waals surface area contributed by atoms with Crippen molar-refractivity contribution in [3.8, 4) is 0 Å². The van der Waals surface area contributed by atoms with Crippen molar-refractivity contribution in [2.24, 2.45) is 5.92 Å². The third kappa shape index (κ3) is 3.99. The lowest BCUT2D eigenvalue weighted by Gasteiger charge is -2.32. The summed E-state index contributed by atoms with van der Waals surface area (Å²) in [5.41, 5.74) is 0.502. The minimum atomic E-state index is -0.287. The Bertz CT molecular complexity index is 342. The Morgan fingerprint density at radius 1 is 1.15 bits per heavy atom. The van der Waals surface area contributed by atoms with Gasteiger partial charge in [-0.05, 0) is 51.9 Å². The number of unbranched alkanes of at least 4 members (excludes halogenated alkanes) is 1. The van der Waals surface area contributed by atoms with Crippen LogP contribution in [0.15, 0.2) is 24.2 Å². The van der Waals surface area contributed by atoms with Crippen LogP contribution in [0.1, 0.15) is 67.2 Å². The smallest absolute Gasteiger partial charge is 0.399 e. The van der Waals surface area contributed by atoms with Crippen LogP contribution in [0, 0.1) is 5.92 Å². The van der Waals surface area contributed by atoms with E-state index in [0.29, 0.717) is 5.92 Å². The highest BCUT2D eigenvalue weighted by molar-refractivity contribution is 6.55. The molecule has 0 saturated carbocycles. The summed E-state index contributed by atoms with van der Waals surface area (Å²) >= 11 is 0. The third-order valence-corrected chi connectivity index (χ3v) is 4.64. The molecular weight excluding hydrogens is 247 g/mol. The second-order valence-electron chi connectivity index (χ2n) is 6.77. The van der Waals surface area contributed by atoms with E-state index in [1.165, 1.54) is 19.3 Å². The van der Waals surface area contributed by atoms with Gasteiger partial charge in [-0.15, -0.1) is 0 Å². The second kappa shape index (κ2) is 6.95. The van der Waals surface area contributed by atoms with Gasteiger partial charge in [0.05, 0.1) is 11.2 Å². The summed E-state index contributed by atoms with van der Waals surface area (Å²) in [6.45, 7) is 16.8. The molecule has 1 aliphatic heterocycles. The van der Waals surface area contributed by atoms with E-state index < -0.39 is 0 Å². The molecule has 1 heterocycles. The molecule has 0 aromatic heterocycles. The van der Waals surface area contributed by atoms with Crippen LogP contribution in [0.25, 0.3) is 0 Å². The molecule has 0 radical (unpaired) electrons. The van der Waals surface area contributed by atoms with E-state index in [0.717, 1.165) is 11.9 Å². The molecule has 3 heteroatoms. The Morgan fingerprint density at radius 2 is 1.70 bits per heavy atom. The predicted octanol–water partition coefficient (Wildman–Crippen LogP) is 4.95. The molecule has 2 nitrogen and oxygen atoms in total. The lowest BCUT2D eigenvalue weighted by Crippen LogP contribution is -2.41. The Kier molecular flexibility index (Phi) is 6.09. The highest BCUT2D eigenvalue weighted by atomic mass is 16.7. The van der Waals surface area contributed by atoms with Crippen molar-refractivity contribution in [1.82, 2.24) is 0 Å². The van der Waals surface area contributed by atoms with E-state index in [4.69, 9.17) is 9.31 Å². The van der Waals surface area contributed by atoms with E-state index in [2.05, 4.69) is 54.2 Å². The highest BCUT2D eigenvalue weighted by Gasteiger charge is 2.51. The molecule has 0 amide bonds. The van der Waals surface area contributed by atoms with Crippen molar-refractivity contribution < 1.29 is 9.31 Å². The summed E-state index contributed by atoms with van der Waals surface area (Å²) in [4.78, 5) is 0. The highest BCUT2D eigenvalue weighted by Crippen LogP contribution is 2.39. The summed E-state index contributed by atoms with van der Waals surface area (Å²) in [6.07, 6.45) is 9.06. The zero-order valence-corrected chi connectivity index (χ0v) is 14.2. The van der Waals surface area contributed by atoms with Gasteiger partial charge < -0.3 is 9.31 Å². The van der Waals surface area contributed by atoms with Crippen LogP contribution >= 0.6 is 0 Å². The largest absolute Gasteiger partial charge is 0.494 e. The topological polar surface area (TPSA) is 18.5 Å². The van der Waals surface area contributed by atoms with Crippen LogP contribution in [0.2, 0.25) is 0 Å². The number of hydrogen-bond acceptors (Lipinski definition) is 2. The monoisotopic (exact) mass is 278 g/mol. The lowest BCUT2D eigenvalue weighted by atomic mass is 9.75. The molecule has 0 bridgehead atoms. The molecule has 0 aromatic carbocycles. The molecule has 1 aliphatic rings. The van der Waals surface area contributed by atoms with E-state index >= 15 is 0 Å². The maximum atomic E-state index is 6.11. The standard InChI is InChI=1S/C17H31BO2/c1-8-11-12-14(9-2)13-15(10-3)18-19-16(4,5)17(6,7)20-18/h10,13-14H,3,8-9,11-12H2,1-2,4-7H3/b15-13+. The van der Waals surface area contributed by atoms with Crippen LogP contribution < -0.4 is 0 Å². The summed E-state index contributed by atoms with van der Waals surface area (Å²) in [6, 6.07) is 0. The zero-order valence-electron chi connectivity index (χ0n) is 14.2. The van der Waals surface area contributed by atoms with Crippen molar-refractivity contribution in [3.63, 3.8) is 0 Å². The zero-order chi connectivity index (χ0) is 15.4. The average molecular weight is 278 g/mol. The molecule has 0 spiro atoms. The normalized spacial score (nSPS) is 22.9. The Morgan fingerprint density at radius 3 is 2.10 bits per heavy atom.